The van der Waals surface area contributed by atoms with Gasteiger partial charge < -0.3 is 9.84 Å². The average Bonchev–Trinajstić information content (AvgIpc) is 2.77. The molecule has 0 saturated heterocycles. The molecular formula is C14H14N4O. The number of hydrogen-bond donors (Lipinski definition) is 1. The second kappa shape index (κ2) is 4.35. The predicted octanol–water partition coefficient (Wildman–Crippen LogP) is 2.94. The van der Waals surface area contributed by atoms with Crippen molar-refractivity contribution in [2.45, 2.75) is 13.8 Å². The van der Waals surface area contributed by atoms with Crippen LogP contribution in [0.1, 0.15) is 11.5 Å². The first-order chi connectivity index (χ1) is 9.20. The fourth-order valence-electron chi connectivity index (χ4n) is 2.31. The number of nitrogens with zero attached hydrogens (tertiary/aromatic N) is 3. The zero-order valence-corrected chi connectivity index (χ0v) is 11.1. The van der Waals surface area contributed by atoms with Gasteiger partial charge in [0.1, 0.15) is 17.9 Å². The summed E-state index contributed by atoms with van der Waals surface area (Å²) in [5.74, 6) is 1.64. The normalized spacial score (nSPS) is 10.9. The summed E-state index contributed by atoms with van der Waals surface area (Å²) in [6, 6.07) is 6.08. The fourth-order valence-corrected chi connectivity index (χ4v) is 2.31. The number of nitrogens with one attached hydrogen (secondary N) is 1. The maximum Gasteiger partial charge on any atom is 0.141 e. The summed E-state index contributed by atoms with van der Waals surface area (Å²) in [5.41, 5.74) is 3.90. The lowest BCUT2D eigenvalue weighted by Gasteiger charge is -2.06. The number of benzene rings is 1. The Labute approximate surface area is 110 Å². The van der Waals surface area contributed by atoms with Crippen molar-refractivity contribution < 1.29 is 4.52 Å². The van der Waals surface area contributed by atoms with Gasteiger partial charge in [0.15, 0.2) is 0 Å². The standard InChI is InChI=1S/C14H14N4O/c1-8-13(9(2)19-18-8)10-4-5-12-11(6-10)14(15-3)17-7-16-12/h4-7H,1-3H3,(H,15,16,17). The molecule has 19 heavy (non-hydrogen) atoms. The van der Waals surface area contributed by atoms with Gasteiger partial charge in [0.25, 0.3) is 0 Å². The van der Waals surface area contributed by atoms with E-state index in [0.29, 0.717) is 0 Å². The Balaban J connectivity index is 2.27. The van der Waals surface area contributed by atoms with Gasteiger partial charge in [0.05, 0.1) is 11.2 Å². The van der Waals surface area contributed by atoms with Crippen molar-refractivity contribution in [2.75, 3.05) is 12.4 Å². The van der Waals surface area contributed by atoms with Crippen molar-refractivity contribution in [1.82, 2.24) is 15.1 Å². The van der Waals surface area contributed by atoms with Gasteiger partial charge in [-0.15, -0.1) is 0 Å². The van der Waals surface area contributed by atoms with E-state index >= 15 is 0 Å². The molecule has 0 amide bonds. The number of fused-ring (bicyclic) bond motifs is 1. The molecule has 96 valence electrons. The monoisotopic (exact) mass is 254 g/mol. The van der Waals surface area contributed by atoms with Gasteiger partial charge >= 0.3 is 0 Å². The van der Waals surface area contributed by atoms with Gasteiger partial charge in [0.2, 0.25) is 0 Å². The Morgan fingerprint density at radius 1 is 1.16 bits per heavy atom. The second-order valence-electron chi connectivity index (χ2n) is 4.40. The van der Waals surface area contributed by atoms with E-state index in [1.165, 1.54) is 0 Å². The van der Waals surface area contributed by atoms with Crippen LogP contribution in [0.3, 0.4) is 0 Å². The maximum atomic E-state index is 5.22. The van der Waals surface area contributed by atoms with Crippen LogP contribution in [0, 0.1) is 13.8 Å². The third kappa shape index (κ3) is 1.83. The molecule has 2 aromatic heterocycles. The lowest BCUT2D eigenvalue weighted by molar-refractivity contribution is 0.393. The van der Waals surface area contributed by atoms with Crippen LogP contribution in [0.2, 0.25) is 0 Å². The third-order valence-corrected chi connectivity index (χ3v) is 3.19. The van der Waals surface area contributed by atoms with Crippen LogP contribution in [0.15, 0.2) is 29.0 Å². The lowest BCUT2D eigenvalue weighted by atomic mass is 10.0. The Bertz CT molecular complexity index is 729. The minimum absolute atomic E-state index is 0.818. The summed E-state index contributed by atoms with van der Waals surface area (Å²) in [4.78, 5) is 8.50. The molecule has 0 bridgehead atoms. The molecule has 0 radical (unpaired) electrons. The number of aryl methyl sites for hydroxylation is 2. The van der Waals surface area contributed by atoms with E-state index < -0.39 is 0 Å². The van der Waals surface area contributed by atoms with Crippen LogP contribution in [-0.2, 0) is 0 Å². The summed E-state index contributed by atoms with van der Waals surface area (Å²) in [6.07, 6.45) is 1.56. The zero-order valence-electron chi connectivity index (χ0n) is 11.1. The molecule has 0 saturated carbocycles. The Hall–Kier alpha value is -2.43. The van der Waals surface area contributed by atoms with Crippen LogP contribution in [0.5, 0.6) is 0 Å². The highest BCUT2D eigenvalue weighted by atomic mass is 16.5. The van der Waals surface area contributed by atoms with E-state index in [9.17, 15) is 0 Å². The largest absolute Gasteiger partial charge is 0.373 e. The van der Waals surface area contributed by atoms with Crippen molar-refractivity contribution in [3.8, 4) is 11.1 Å². The van der Waals surface area contributed by atoms with E-state index in [1.807, 2.05) is 33.0 Å². The van der Waals surface area contributed by atoms with Crippen molar-refractivity contribution in [2.24, 2.45) is 0 Å². The minimum Gasteiger partial charge on any atom is -0.373 e. The average molecular weight is 254 g/mol. The summed E-state index contributed by atoms with van der Waals surface area (Å²) in [5, 5.41) is 8.06. The van der Waals surface area contributed by atoms with E-state index in [0.717, 1.165) is 39.3 Å². The molecule has 3 rings (SSSR count). The molecule has 0 unspecified atom stereocenters. The Morgan fingerprint density at radius 3 is 2.68 bits per heavy atom. The molecular weight excluding hydrogens is 240 g/mol. The molecule has 0 fully saturated rings. The van der Waals surface area contributed by atoms with E-state index in [4.69, 9.17) is 4.52 Å². The minimum atomic E-state index is 0.818. The Morgan fingerprint density at radius 2 is 2.00 bits per heavy atom. The van der Waals surface area contributed by atoms with Gasteiger partial charge in [-0.3, -0.25) is 0 Å². The Kier molecular flexibility index (Phi) is 2.67. The highest BCUT2D eigenvalue weighted by Crippen LogP contribution is 2.30. The molecule has 5 heteroatoms. The molecule has 5 nitrogen and oxygen atoms in total. The summed E-state index contributed by atoms with van der Waals surface area (Å²) in [7, 11) is 1.85. The van der Waals surface area contributed by atoms with Crippen LogP contribution in [-0.4, -0.2) is 22.2 Å². The molecule has 2 heterocycles. The van der Waals surface area contributed by atoms with Gasteiger partial charge in [-0.05, 0) is 31.5 Å². The predicted molar refractivity (Wildman–Crippen MR) is 74.1 cm³/mol. The molecule has 0 atom stereocenters. The first kappa shape index (κ1) is 11.6. The summed E-state index contributed by atoms with van der Waals surface area (Å²) < 4.78 is 5.22. The van der Waals surface area contributed by atoms with Gasteiger partial charge in [-0.1, -0.05) is 11.2 Å². The van der Waals surface area contributed by atoms with Gasteiger partial charge in [-0.25, -0.2) is 9.97 Å². The fraction of sp³-hybridized carbons (Fsp3) is 0.214. The van der Waals surface area contributed by atoms with E-state index in [2.05, 4.69) is 26.5 Å². The van der Waals surface area contributed by atoms with Crippen LogP contribution in [0.25, 0.3) is 22.0 Å². The van der Waals surface area contributed by atoms with Crippen LogP contribution >= 0.6 is 0 Å². The number of rotatable bonds is 2. The molecule has 0 aliphatic carbocycles. The van der Waals surface area contributed by atoms with Crippen molar-refractivity contribution in [3.63, 3.8) is 0 Å². The van der Waals surface area contributed by atoms with E-state index in [-0.39, 0.29) is 0 Å². The lowest BCUT2D eigenvalue weighted by Crippen LogP contribution is -1.95. The summed E-state index contributed by atoms with van der Waals surface area (Å²) >= 11 is 0. The second-order valence-corrected chi connectivity index (χ2v) is 4.40. The molecule has 0 spiro atoms. The van der Waals surface area contributed by atoms with Gasteiger partial charge in [0, 0.05) is 18.0 Å². The van der Waals surface area contributed by atoms with Crippen molar-refractivity contribution >= 4 is 16.7 Å². The van der Waals surface area contributed by atoms with Crippen molar-refractivity contribution in [1.29, 1.82) is 0 Å². The first-order valence-corrected chi connectivity index (χ1v) is 6.06. The van der Waals surface area contributed by atoms with Crippen molar-refractivity contribution in [3.05, 3.63) is 36.0 Å². The topological polar surface area (TPSA) is 63.8 Å². The van der Waals surface area contributed by atoms with Crippen LogP contribution in [0.4, 0.5) is 5.82 Å². The smallest absolute Gasteiger partial charge is 0.141 e. The van der Waals surface area contributed by atoms with Crippen LogP contribution < -0.4 is 5.32 Å². The summed E-state index contributed by atoms with van der Waals surface area (Å²) in [6.45, 7) is 3.86. The third-order valence-electron chi connectivity index (χ3n) is 3.19. The quantitative estimate of drug-likeness (QED) is 0.761. The number of anilines is 1. The highest BCUT2D eigenvalue weighted by Gasteiger charge is 2.13. The number of hydrogen-bond acceptors (Lipinski definition) is 5. The zero-order chi connectivity index (χ0) is 13.4. The maximum absolute atomic E-state index is 5.22. The van der Waals surface area contributed by atoms with Gasteiger partial charge in [-0.2, -0.15) is 0 Å². The van der Waals surface area contributed by atoms with E-state index in [1.54, 1.807) is 6.33 Å². The number of aromatic nitrogens is 3. The molecule has 1 N–H and O–H groups in total. The first-order valence-electron chi connectivity index (χ1n) is 6.06. The molecule has 1 aromatic carbocycles. The SMILES string of the molecule is CNc1ncnc2ccc(-c3c(C)noc3C)cc12. The molecule has 0 aliphatic heterocycles. The highest BCUT2D eigenvalue weighted by molar-refractivity contribution is 5.92. The molecule has 0 aliphatic rings. The molecule has 3 aromatic rings.